The summed E-state index contributed by atoms with van der Waals surface area (Å²) in [6.07, 6.45) is -2.41. The highest BCUT2D eigenvalue weighted by Gasteiger charge is 2.30. The number of halogens is 3. The van der Waals surface area contributed by atoms with E-state index in [0.29, 0.717) is 11.0 Å². The number of aromatic nitrogens is 2. The number of H-pyrrole nitrogens is 1. The number of aromatic amines is 1. The first-order valence-corrected chi connectivity index (χ1v) is 8.57. The van der Waals surface area contributed by atoms with Crippen LogP contribution in [-0.2, 0) is 15.7 Å². The van der Waals surface area contributed by atoms with E-state index in [1.807, 2.05) is 0 Å². The molecular weight excluding hydrogens is 399 g/mol. The number of benzene rings is 2. The van der Waals surface area contributed by atoms with E-state index in [9.17, 15) is 28.3 Å². The molecule has 1 heterocycles. The van der Waals surface area contributed by atoms with Crippen molar-refractivity contribution >= 4 is 28.7 Å². The van der Waals surface area contributed by atoms with Crippen LogP contribution in [0.1, 0.15) is 17.0 Å². The number of allylic oxidation sites excluding steroid dienone is 1. The predicted octanol–water partition coefficient (Wildman–Crippen LogP) is 4.63. The lowest BCUT2D eigenvalue weighted by molar-refractivity contribution is -0.138. The lowest BCUT2D eigenvalue weighted by Crippen LogP contribution is -2.07. The van der Waals surface area contributed by atoms with E-state index in [1.165, 1.54) is 12.1 Å². The number of nitriles is 1. The molecule has 0 atom stereocenters. The second-order valence-electron chi connectivity index (χ2n) is 6.10. The summed E-state index contributed by atoms with van der Waals surface area (Å²) in [4.78, 5) is 18.9. The molecule has 152 valence electrons. The maximum atomic E-state index is 12.7. The Morgan fingerprint density at radius 3 is 2.70 bits per heavy atom. The van der Waals surface area contributed by atoms with Gasteiger partial charge in [-0.15, -0.1) is 0 Å². The second kappa shape index (κ2) is 8.53. The number of nitrogens with one attached hydrogen (secondary N) is 1. The molecule has 3 aromatic rings. The summed E-state index contributed by atoms with van der Waals surface area (Å²) in [5.41, 5.74) is 0.369. The Balaban J connectivity index is 1.68. The standard InChI is InChI=1S/C21H14F3N3O3/c22-21(23,24)14-5-3-4-13(10-14)8-9-19(29)30-12-18(28)15(11-25)20-26-16-6-1-2-7-17(16)27-20/h1-10,28H,12H2,(H,26,27)/b9-8+,18-15-. The SMILES string of the molecule is N#C/C(=C(/O)COC(=O)/C=C/c1cccc(C(F)(F)F)c1)c1nc2ccccc2[nH]1. The smallest absolute Gasteiger partial charge is 0.416 e. The van der Waals surface area contributed by atoms with Gasteiger partial charge in [-0.2, -0.15) is 18.4 Å². The monoisotopic (exact) mass is 413 g/mol. The van der Waals surface area contributed by atoms with Crippen molar-refractivity contribution in [1.82, 2.24) is 9.97 Å². The van der Waals surface area contributed by atoms with Crippen molar-refractivity contribution in [3.8, 4) is 6.07 Å². The number of esters is 1. The minimum Gasteiger partial charge on any atom is -0.507 e. The van der Waals surface area contributed by atoms with Gasteiger partial charge in [-0.3, -0.25) is 0 Å². The van der Waals surface area contributed by atoms with Crippen LogP contribution in [0.15, 0.2) is 60.4 Å². The number of carbonyl (C=O) groups excluding carboxylic acids is 1. The molecule has 0 fully saturated rings. The van der Waals surface area contributed by atoms with Crippen molar-refractivity contribution < 1.29 is 27.8 Å². The van der Waals surface area contributed by atoms with E-state index in [2.05, 4.69) is 9.97 Å². The molecule has 6 nitrogen and oxygen atoms in total. The summed E-state index contributed by atoms with van der Waals surface area (Å²) >= 11 is 0. The maximum absolute atomic E-state index is 12.7. The summed E-state index contributed by atoms with van der Waals surface area (Å²) < 4.78 is 43.0. The molecule has 0 unspecified atom stereocenters. The number of alkyl halides is 3. The van der Waals surface area contributed by atoms with Gasteiger partial charge in [0.05, 0.1) is 16.6 Å². The Labute approximate surface area is 168 Å². The van der Waals surface area contributed by atoms with Crippen molar-refractivity contribution in [2.24, 2.45) is 0 Å². The molecule has 9 heteroatoms. The molecule has 2 aromatic carbocycles. The number of imidazole rings is 1. The number of para-hydroxylation sites is 2. The van der Waals surface area contributed by atoms with Gasteiger partial charge in [0.1, 0.15) is 18.2 Å². The number of aliphatic hydroxyl groups is 1. The molecule has 0 spiro atoms. The van der Waals surface area contributed by atoms with Crippen molar-refractivity contribution in [2.45, 2.75) is 6.18 Å². The molecule has 30 heavy (non-hydrogen) atoms. The van der Waals surface area contributed by atoms with Crippen LogP contribution in [0.5, 0.6) is 0 Å². The summed E-state index contributed by atoms with van der Waals surface area (Å²) in [5, 5.41) is 19.4. The Kier molecular flexibility index (Phi) is 5.88. The zero-order chi connectivity index (χ0) is 21.7. The van der Waals surface area contributed by atoms with E-state index >= 15 is 0 Å². The average Bonchev–Trinajstić information content (AvgIpc) is 3.14. The molecular formula is C21H14F3N3O3. The molecule has 0 saturated heterocycles. The van der Waals surface area contributed by atoms with Crippen LogP contribution < -0.4 is 0 Å². The second-order valence-corrected chi connectivity index (χ2v) is 6.10. The Hall–Kier alpha value is -4.06. The first-order chi connectivity index (χ1) is 14.3. The lowest BCUT2D eigenvalue weighted by Gasteiger charge is -2.06. The fourth-order valence-electron chi connectivity index (χ4n) is 2.57. The van der Waals surface area contributed by atoms with Crippen molar-refractivity contribution in [1.29, 1.82) is 5.26 Å². The Bertz CT molecular complexity index is 1150. The van der Waals surface area contributed by atoms with Crippen LogP contribution in [-0.4, -0.2) is 27.7 Å². The Morgan fingerprint density at radius 1 is 1.23 bits per heavy atom. The predicted molar refractivity (Wildman–Crippen MR) is 103 cm³/mol. The zero-order valence-corrected chi connectivity index (χ0v) is 15.3. The average molecular weight is 413 g/mol. The van der Waals surface area contributed by atoms with Gasteiger partial charge in [-0.25, -0.2) is 9.78 Å². The quantitative estimate of drug-likeness (QED) is 0.275. The number of carbonyl (C=O) groups is 1. The summed E-state index contributed by atoms with van der Waals surface area (Å²) in [6.45, 7) is -0.605. The highest BCUT2D eigenvalue weighted by molar-refractivity contribution is 5.87. The van der Waals surface area contributed by atoms with E-state index in [4.69, 9.17) is 4.74 Å². The summed E-state index contributed by atoms with van der Waals surface area (Å²) in [7, 11) is 0. The maximum Gasteiger partial charge on any atom is 0.416 e. The molecule has 0 saturated carbocycles. The topological polar surface area (TPSA) is 99.0 Å². The number of aliphatic hydroxyl groups excluding tert-OH is 1. The van der Waals surface area contributed by atoms with Crippen LogP contribution in [0.25, 0.3) is 22.7 Å². The van der Waals surface area contributed by atoms with Gasteiger partial charge in [0.2, 0.25) is 0 Å². The molecule has 3 rings (SSSR count). The van der Waals surface area contributed by atoms with Gasteiger partial charge in [-0.1, -0.05) is 24.3 Å². The van der Waals surface area contributed by atoms with Gasteiger partial charge < -0.3 is 14.8 Å². The third-order valence-electron chi connectivity index (χ3n) is 4.00. The van der Waals surface area contributed by atoms with Gasteiger partial charge in [0.15, 0.2) is 11.6 Å². The normalized spacial score (nSPS) is 12.6. The molecule has 0 bridgehead atoms. The number of rotatable bonds is 5. The zero-order valence-electron chi connectivity index (χ0n) is 15.3. The third kappa shape index (κ3) is 4.86. The summed E-state index contributed by atoms with van der Waals surface area (Å²) in [6, 6.07) is 13.2. The van der Waals surface area contributed by atoms with Crippen LogP contribution in [0.2, 0.25) is 0 Å². The van der Waals surface area contributed by atoms with Gasteiger partial charge in [0.25, 0.3) is 0 Å². The minimum absolute atomic E-state index is 0.117. The fraction of sp³-hybridized carbons (Fsp3) is 0.0952. The van der Waals surface area contributed by atoms with Crippen molar-refractivity contribution in [2.75, 3.05) is 6.61 Å². The summed E-state index contributed by atoms with van der Waals surface area (Å²) in [5.74, 6) is -1.30. The van der Waals surface area contributed by atoms with Gasteiger partial charge in [-0.05, 0) is 35.9 Å². The van der Waals surface area contributed by atoms with E-state index in [1.54, 1.807) is 30.3 Å². The van der Waals surface area contributed by atoms with Crippen LogP contribution in [0, 0.1) is 11.3 Å². The molecule has 0 aliphatic carbocycles. The molecule has 0 amide bonds. The molecule has 0 aliphatic heterocycles. The van der Waals surface area contributed by atoms with Crippen LogP contribution in [0.4, 0.5) is 13.2 Å². The van der Waals surface area contributed by atoms with Crippen molar-refractivity contribution in [3.63, 3.8) is 0 Å². The van der Waals surface area contributed by atoms with Gasteiger partial charge >= 0.3 is 12.1 Å². The fourth-order valence-corrected chi connectivity index (χ4v) is 2.57. The Morgan fingerprint density at radius 2 is 2.00 bits per heavy atom. The van der Waals surface area contributed by atoms with E-state index < -0.39 is 30.1 Å². The van der Waals surface area contributed by atoms with E-state index in [-0.39, 0.29) is 17.0 Å². The number of hydrogen-bond acceptors (Lipinski definition) is 5. The van der Waals surface area contributed by atoms with Crippen molar-refractivity contribution in [3.05, 3.63) is 77.3 Å². The number of fused-ring (bicyclic) bond motifs is 1. The number of ether oxygens (including phenoxy) is 1. The minimum atomic E-state index is -4.49. The number of hydrogen-bond donors (Lipinski definition) is 2. The molecule has 1 aromatic heterocycles. The first-order valence-electron chi connectivity index (χ1n) is 8.57. The van der Waals surface area contributed by atoms with Gasteiger partial charge in [0, 0.05) is 6.08 Å². The molecule has 0 radical (unpaired) electrons. The third-order valence-corrected chi connectivity index (χ3v) is 4.00. The number of nitrogens with zero attached hydrogens (tertiary/aromatic N) is 2. The first kappa shape index (κ1) is 20.7. The molecule has 2 N–H and O–H groups in total. The van der Waals surface area contributed by atoms with E-state index in [0.717, 1.165) is 24.3 Å². The largest absolute Gasteiger partial charge is 0.507 e. The van der Waals surface area contributed by atoms with Crippen LogP contribution >= 0.6 is 0 Å². The molecule has 0 aliphatic rings. The lowest BCUT2D eigenvalue weighted by atomic mass is 10.1. The van der Waals surface area contributed by atoms with Crippen LogP contribution in [0.3, 0.4) is 0 Å². The highest BCUT2D eigenvalue weighted by atomic mass is 19.4. The highest BCUT2D eigenvalue weighted by Crippen LogP contribution is 2.29.